The third-order valence-corrected chi connectivity index (χ3v) is 4.87. The van der Waals surface area contributed by atoms with E-state index < -0.39 is 0 Å². The van der Waals surface area contributed by atoms with Crippen LogP contribution in [-0.4, -0.2) is 35.8 Å². The van der Waals surface area contributed by atoms with Crippen LogP contribution in [0.15, 0.2) is 60.7 Å². The van der Waals surface area contributed by atoms with Crippen LogP contribution >= 0.6 is 0 Å². The molecule has 4 heteroatoms. The van der Waals surface area contributed by atoms with E-state index in [9.17, 15) is 9.59 Å². The third kappa shape index (κ3) is 4.72. The molecule has 26 heavy (non-hydrogen) atoms. The molecule has 1 aliphatic rings. The molecule has 1 aliphatic heterocycles. The summed E-state index contributed by atoms with van der Waals surface area (Å²) in [5.74, 6) is 0.234. The van der Waals surface area contributed by atoms with Crippen LogP contribution in [-0.2, 0) is 9.59 Å². The molecule has 4 nitrogen and oxygen atoms in total. The van der Waals surface area contributed by atoms with Gasteiger partial charge in [0.25, 0.3) is 0 Å². The highest BCUT2D eigenvalue weighted by molar-refractivity contribution is 5.79. The van der Waals surface area contributed by atoms with Gasteiger partial charge in [-0.3, -0.25) is 9.59 Å². The summed E-state index contributed by atoms with van der Waals surface area (Å²) in [5.41, 5.74) is 2.27. The van der Waals surface area contributed by atoms with Gasteiger partial charge < -0.3 is 10.2 Å². The Morgan fingerprint density at radius 2 is 1.62 bits per heavy atom. The number of carbonyl (C=O) groups is 2. The molecule has 0 aliphatic carbocycles. The van der Waals surface area contributed by atoms with Gasteiger partial charge in [-0.15, -0.1) is 0 Å². The summed E-state index contributed by atoms with van der Waals surface area (Å²) in [6.45, 7) is 3.35. The van der Waals surface area contributed by atoms with Crippen molar-refractivity contribution in [3.05, 3.63) is 71.8 Å². The van der Waals surface area contributed by atoms with Crippen LogP contribution in [0, 0.1) is 0 Å². The van der Waals surface area contributed by atoms with Crippen molar-refractivity contribution in [1.29, 1.82) is 0 Å². The Morgan fingerprint density at radius 1 is 1.04 bits per heavy atom. The molecule has 3 rings (SSSR count). The van der Waals surface area contributed by atoms with Gasteiger partial charge in [0.15, 0.2) is 0 Å². The zero-order valence-corrected chi connectivity index (χ0v) is 15.2. The molecular formula is C22H26N2O2. The normalized spacial score (nSPS) is 15.3. The third-order valence-electron chi connectivity index (χ3n) is 4.87. The maximum atomic E-state index is 12.7. The quantitative estimate of drug-likeness (QED) is 0.833. The number of benzene rings is 2. The predicted octanol–water partition coefficient (Wildman–Crippen LogP) is 3.34. The monoisotopic (exact) mass is 350 g/mol. The number of carbonyl (C=O) groups excluding carboxylic acids is 2. The largest absolute Gasteiger partial charge is 0.352 e. The van der Waals surface area contributed by atoms with Gasteiger partial charge >= 0.3 is 0 Å². The Morgan fingerprint density at radius 3 is 2.12 bits per heavy atom. The lowest BCUT2D eigenvalue weighted by molar-refractivity contribution is -0.129. The Balaban J connectivity index is 1.65. The van der Waals surface area contributed by atoms with E-state index >= 15 is 0 Å². The highest BCUT2D eigenvalue weighted by atomic mass is 16.2. The summed E-state index contributed by atoms with van der Waals surface area (Å²) in [6.07, 6.45) is 1.95. The molecule has 0 spiro atoms. The average molecular weight is 350 g/mol. The smallest absolute Gasteiger partial charge is 0.222 e. The summed E-state index contributed by atoms with van der Waals surface area (Å²) in [6, 6.07) is 20.2. The van der Waals surface area contributed by atoms with E-state index in [0.29, 0.717) is 19.4 Å². The van der Waals surface area contributed by atoms with Crippen molar-refractivity contribution in [3.8, 4) is 0 Å². The first-order valence-electron chi connectivity index (χ1n) is 9.30. The van der Waals surface area contributed by atoms with Gasteiger partial charge in [0.05, 0.1) is 0 Å². The van der Waals surface area contributed by atoms with Crippen molar-refractivity contribution in [2.24, 2.45) is 0 Å². The molecule has 0 saturated carbocycles. The van der Waals surface area contributed by atoms with Gasteiger partial charge in [-0.25, -0.2) is 0 Å². The average Bonchev–Trinajstić information content (AvgIpc) is 3.05. The second kappa shape index (κ2) is 8.65. The SMILES string of the molecule is CC(CN1CCCC1=O)NC(=O)CC(c1ccccc1)c1ccccc1. The Hall–Kier alpha value is -2.62. The number of nitrogens with one attached hydrogen (secondary N) is 1. The molecule has 1 heterocycles. The molecule has 2 aromatic rings. The Bertz CT molecular complexity index is 691. The molecule has 0 bridgehead atoms. The molecule has 1 fully saturated rings. The Kier molecular flexibility index (Phi) is 6.05. The molecule has 1 N–H and O–H groups in total. The highest BCUT2D eigenvalue weighted by Gasteiger charge is 2.23. The van der Waals surface area contributed by atoms with E-state index in [1.807, 2.05) is 48.2 Å². The molecule has 1 atom stereocenters. The summed E-state index contributed by atoms with van der Waals surface area (Å²) < 4.78 is 0. The van der Waals surface area contributed by atoms with Gasteiger partial charge in [0.1, 0.15) is 0 Å². The first-order valence-corrected chi connectivity index (χ1v) is 9.30. The van der Waals surface area contributed by atoms with Gasteiger partial charge in [-0.2, -0.15) is 0 Å². The van der Waals surface area contributed by atoms with Crippen LogP contribution in [0.4, 0.5) is 0 Å². The van der Waals surface area contributed by atoms with Crippen LogP contribution in [0.5, 0.6) is 0 Å². The summed E-state index contributed by atoms with van der Waals surface area (Å²) in [7, 11) is 0. The molecular weight excluding hydrogens is 324 g/mol. The van der Waals surface area contributed by atoms with Crippen molar-refractivity contribution in [2.45, 2.75) is 38.1 Å². The van der Waals surface area contributed by atoms with E-state index in [1.54, 1.807) is 0 Å². The molecule has 1 saturated heterocycles. The lowest BCUT2D eigenvalue weighted by Gasteiger charge is -2.23. The number of nitrogens with zero attached hydrogens (tertiary/aromatic N) is 1. The van der Waals surface area contributed by atoms with Crippen LogP contribution in [0.3, 0.4) is 0 Å². The fourth-order valence-electron chi connectivity index (χ4n) is 3.59. The number of hydrogen-bond acceptors (Lipinski definition) is 2. The predicted molar refractivity (Wildman–Crippen MR) is 103 cm³/mol. The van der Waals surface area contributed by atoms with Gasteiger partial charge in [-0.1, -0.05) is 60.7 Å². The Labute approximate surface area is 155 Å². The fourth-order valence-corrected chi connectivity index (χ4v) is 3.59. The summed E-state index contributed by atoms with van der Waals surface area (Å²) in [4.78, 5) is 26.3. The van der Waals surface area contributed by atoms with Gasteiger partial charge in [0, 0.05) is 37.9 Å². The molecule has 136 valence electrons. The second-order valence-corrected chi connectivity index (χ2v) is 6.99. The zero-order chi connectivity index (χ0) is 18.4. The van der Waals surface area contributed by atoms with Crippen LogP contribution in [0.2, 0.25) is 0 Å². The summed E-state index contributed by atoms with van der Waals surface area (Å²) >= 11 is 0. The minimum Gasteiger partial charge on any atom is -0.352 e. The highest BCUT2D eigenvalue weighted by Crippen LogP contribution is 2.27. The lowest BCUT2D eigenvalue weighted by atomic mass is 9.88. The molecule has 0 aromatic heterocycles. The van der Waals surface area contributed by atoms with Crippen LogP contribution in [0.25, 0.3) is 0 Å². The van der Waals surface area contributed by atoms with Crippen LogP contribution < -0.4 is 5.32 Å². The number of hydrogen-bond donors (Lipinski definition) is 1. The van der Waals surface area contributed by atoms with Crippen molar-refractivity contribution >= 4 is 11.8 Å². The van der Waals surface area contributed by atoms with E-state index in [1.165, 1.54) is 0 Å². The minimum absolute atomic E-state index is 0.0156. The number of likely N-dealkylation sites (tertiary alicyclic amines) is 1. The van der Waals surface area contributed by atoms with Crippen molar-refractivity contribution < 1.29 is 9.59 Å². The molecule has 2 amide bonds. The van der Waals surface area contributed by atoms with Gasteiger partial charge in [-0.05, 0) is 24.5 Å². The molecule has 0 radical (unpaired) electrons. The minimum atomic E-state index is -0.0447. The molecule has 1 unspecified atom stereocenters. The van der Waals surface area contributed by atoms with Crippen molar-refractivity contribution in [3.63, 3.8) is 0 Å². The number of amides is 2. The second-order valence-electron chi connectivity index (χ2n) is 6.99. The van der Waals surface area contributed by atoms with E-state index in [-0.39, 0.29) is 23.8 Å². The lowest BCUT2D eigenvalue weighted by Crippen LogP contribution is -2.42. The maximum Gasteiger partial charge on any atom is 0.222 e. The molecule has 2 aromatic carbocycles. The topological polar surface area (TPSA) is 49.4 Å². The first-order chi connectivity index (χ1) is 12.6. The summed E-state index contributed by atoms with van der Waals surface area (Å²) in [5, 5.41) is 3.06. The maximum absolute atomic E-state index is 12.7. The van der Waals surface area contributed by atoms with Crippen LogP contribution in [0.1, 0.15) is 43.2 Å². The zero-order valence-electron chi connectivity index (χ0n) is 15.2. The van der Waals surface area contributed by atoms with Gasteiger partial charge in [0.2, 0.25) is 11.8 Å². The number of rotatable bonds is 7. The fraction of sp³-hybridized carbons (Fsp3) is 0.364. The standard InChI is InChI=1S/C22H26N2O2/c1-17(16-24-14-8-13-22(24)26)23-21(25)15-20(18-9-4-2-5-10-18)19-11-6-3-7-12-19/h2-7,9-12,17,20H,8,13-16H2,1H3,(H,23,25). The van der Waals surface area contributed by atoms with E-state index in [4.69, 9.17) is 0 Å². The van der Waals surface area contributed by atoms with E-state index in [2.05, 4.69) is 29.6 Å². The van der Waals surface area contributed by atoms with Crippen molar-refractivity contribution in [2.75, 3.05) is 13.1 Å². The van der Waals surface area contributed by atoms with Crippen molar-refractivity contribution in [1.82, 2.24) is 10.2 Å². The first kappa shape index (κ1) is 18.2. The van der Waals surface area contributed by atoms with E-state index in [0.717, 1.165) is 24.1 Å².